The Morgan fingerprint density at radius 1 is 0.750 bits per heavy atom. The van der Waals surface area contributed by atoms with E-state index in [1.807, 2.05) is 12.1 Å². The summed E-state index contributed by atoms with van der Waals surface area (Å²) in [5.74, 6) is 0. The van der Waals surface area contributed by atoms with Crippen molar-refractivity contribution in [2.24, 2.45) is 0 Å². The zero-order valence-corrected chi connectivity index (χ0v) is 11.7. The molecule has 0 aliphatic heterocycles. The number of nitrogens with one attached hydrogen (secondary N) is 2. The molecule has 2 rings (SSSR count). The molecule has 2 aromatic carbocycles. The fourth-order valence-electron chi connectivity index (χ4n) is 1.75. The van der Waals surface area contributed by atoms with Gasteiger partial charge in [-0.1, -0.05) is 35.3 Å². The molecule has 0 saturated carbocycles. The summed E-state index contributed by atoms with van der Waals surface area (Å²) in [5, 5.41) is 5.87. The van der Waals surface area contributed by atoms with Crippen LogP contribution < -0.4 is 10.6 Å². The highest BCUT2D eigenvalue weighted by Crippen LogP contribution is 2.32. The Hall–Kier alpha value is -2.04. The topological polar surface area (TPSA) is 58.2 Å². The van der Waals surface area contributed by atoms with E-state index in [0.29, 0.717) is 34.2 Å². The molecule has 0 fully saturated rings. The lowest BCUT2D eigenvalue weighted by Gasteiger charge is -2.08. The lowest BCUT2D eigenvalue weighted by molar-refractivity contribution is -0.106. The predicted octanol–water partition coefficient (Wildman–Crippen LogP) is 3.80. The minimum absolute atomic E-state index is 0.431. The van der Waals surface area contributed by atoms with Crippen LogP contribution in [0.5, 0.6) is 0 Å². The summed E-state index contributed by atoms with van der Waals surface area (Å²) in [6, 6.07) is 10.5. The molecule has 0 saturated heterocycles. The van der Waals surface area contributed by atoms with Crippen molar-refractivity contribution in [1.82, 2.24) is 0 Å². The average molecular weight is 309 g/mol. The minimum Gasteiger partial charge on any atom is -0.327 e. The van der Waals surface area contributed by atoms with Gasteiger partial charge in [-0.15, -0.1) is 0 Å². The molecule has 0 spiro atoms. The lowest BCUT2D eigenvalue weighted by atomic mass is 10.0. The van der Waals surface area contributed by atoms with E-state index >= 15 is 0 Å². The molecule has 20 heavy (non-hydrogen) atoms. The van der Waals surface area contributed by atoms with Gasteiger partial charge in [0.25, 0.3) is 0 Å². The van der Waals surface area contributed by atoms with Crippen molar-refractivity contribution in [3.05, 3.63) is 46.4 Å². The minimum atomic E-state index is 0.431. The largest absolute Gasteiger partial charge is 0.327 e. The third-order valence-electron chi connectivity index (χ3n) is 2.70. The average Bonchev–Trinajstić information content (AvgIpc) is 2.44. The van der Waals surface area contributed by atoms with Crippen LogP contribution in [-0.2, 0) is 9.59 Å². The number of amides is 2. The van der Waals surface area contributed by atoms with Crippen LogP contribution in [0, 0.1) is 0 Å². The maximum atomic E-state index is 10.4. The van der Waals surface area contributed by atoms with E-state index in [1.54, 1.807) is 24.3 Å². The zero-order chi connectivity index (χ0) is 14.5. The van der Waals surface area contributed by atoms with Gasteiger partial charge in [0.1, 0.15) is 0 Å². The van der Waals surface area contributed by atoms with E-state index in [4.69, 9.17) is 23.2 Å². The van der Waals surface area contributed by atoms with Gasteiger partial charge in [-0.2, -0.15) is 0 Å². The molecule has 2 aromatic rings. The van der Waals surface area contributed by atoms with Crippen molar-refractivity contribution in [2.75, 3.05) is 10.6 Å². The molecule has 0 aliphatic carbocycles. The molecule has 0 aliphatic rings. The van der Waals surface area contributed by atoms with Crippen LogP contribution in [0.15, 0.2) is 36.4 Å². The third-order valence-corrected chi connectivity index (χ3v) is 3.33. The van der Waals surface area contributed by atoms with Crippen molar-refractivity contribution in [2.45, 2.75) is 0 Å². The zero-order valence-electron chi connectivity index (χ0n) is 10.2. The van der Waals surface area contributed by atoms with E-state index in [9.17, 15) is 9.59 Å². The quantitative estimate of drug-likeness (QED) is 0.825. The summed E-state index contributed by atoms with van der Waals surface area (Å²) in [4.78, 5) is 20.8. The van der Waals surface area contributed by atoms with Crippen molar-refractivity contribution in [3.8, 4) is 11.1 Å². The maximum absolute atomic E-state index is 10.4. The number of hydrogen-bond donors (Lipinski definition) is 2. The van der Waals surface area contributed by atoms with Crippen LogP contribution >= 0.6 is 23.2 Å². The Morgan fingerprint density at radius 3 is 1.45 bits per heavy atom. The SMILES string of the molecule is O=CNc1ccc(-c2ccc(NC=O)c(Cl)c2)cc1Cl. The fraction of sp³-hybridized carbons (Fsp3) is 0. The molecular weight excluding hydrogens is 299 g/mol. The van der Waals surface area contributed by atoms with Gasteiger partial charge in [0.05, 0.1) is 21.4 Å². The Balaban J connectivity index is 2.36. The highest BCUT2D eigenvalue weighted by molar-refractivity contribution is 6.34. The first kappa shape index (κ1) is 14.4. The third kappa shape index (κ3) is 3.10. The first-order valence-electron chi connectivity index (χ1n) is 5.65. The van der Waals surface area contributed by atoms with Gasteiger partial charge in [0, 0.05) is 0 Å². The first-order valence-corrected chi connectivity index (χ1v) is 6.41. The van der Waals surface area contributed by atoms with E-state index in [2.05, 4.69) is 10.6 Å². The normalized spacial score (nSPS) is 9.90. The molecular formula is C14H10Cl2N2O2. The Kier molecular flexibility index (Phi) is 4.61. The summed E-state index contributed by atoms with van der Waals surface area (Å²) < 4.78 is 0. The van der Waals surface area contributed by atoms with Gasteiger partial charge in [-0.05, 0) is 35.4 Å². The van der Waals surface area contributed by atoms with Gasteiger partial charge in [-0.25, -0.2) is 0 Å². The number of halogens is 2. The van der Waals surface area contributed by atoms with Gasteiger partial charge < -0.3 is 10.6 Å². The summed E-state index contributed by atoms with van der Waals surface area (Å²) in [6.07, 6.45) is 1.13. The number of rotatable bonds is 5. The molecule has 2 amide bonds. The molecule has 0 bridgehead atoms. The summed E-state index contributed by atoms with van der Waals surface area (Å²) >= 11 is 12.1. The van der Waals surface area contributed by atoms with Crippen molar-refractivity contribution in [1.29, 1.82) is 0 Å². The van der Waals surface area contributed by atoms with E-state index in [0.717, 1.165) is 11.1 Å². The molecule has 0 radical (unpaired) electrons. The Morgan fingerprint density at radius 2 is 1.15 bits per heavy atom. The van der Waals surface area contributed by atoms with Crippen LogP contribution in [0.4, 0.5) is 11.4 Å². The van der Waals surface area contributed by atoms with Crippen molar-refractivity contribution < 1.29 is 9.59 Å². The molecule has 0 aromatic heterocycles. The molecule has 4 nitrogen and oxygen atoms in total. The molecule has 0 heterocycles. The number of benzene rings is 2. The molecule has 102 valence electrons. The van der Waals surface area contributed by atoms with Crippen LogP contribution in [-0.4, -0.2) is 12.8 Å². The van der Waals surface area contributed by atoms with Crippen molar-refractivity contribution >= 4 is 47.4 Å². The second kappa shape index (κ2) is 6.41. The summed E-state index contributed by atoms with van der Waals surface area (Å²) in [5.41, 5.74) is 2.78. The Labute approximate surface area is 125 Å². The standard InChI is InChI=1S/C14H10Cl2N2O2/c15-11-5-9(1-3-13(11)17-7-19)10-2-4-14(18-8-20)12(16)6-10/h1-8H,(H,17,19)(H,18,20). The van der Waals surface area contributed by atoms with Crippen molar-refractivity contribution in [3.63, 3.8) is 0 Å². The lowest BCUT2D eigenvalue weighted by Crippen LogP contribution is -1.95. The van der Waals surface area contributed by atoms with Gasteiger partial charge in [-0.3, -0.25) is 9.59 Å². The number of carbonyl (C=O) groups is 2. The van der Waals surface area contributed by atoms with Gasteiger partial charge in [0.15, 0.2) is 0 Å². The summed E-state index contributed by atoms with van der Waals surface area (Å²) in [7, 11) is 0. The highest BCUT2D eigenvalue weighted by atomic mass is 35.5. The van der Waals surface area contributed by atoms with Gasteiger partial charge in [0.2, 0.25) is 12.8 Å². The molecule has 0 unspecified atom stereocenters. The molecule has 6 heteroatoms. The predicted molar refractivity (Wildman–Crippen MR) is 81.3 cm³/mol. The van der Waals surface area contributed by atoms with Crippen LogP contribution in [0.25, 0.3) is 11.1 Å². The molecule has 2 N–H and O–H groups in total. The maximum Gasteiger partial charge on any atom is 0.211 e. The van der Waals surface area contributed by atoms with Crippen LogP contribution in [0.2, 0.25) is 10.0 Å². The second-order valence-electron chi connectivity index (χ2n) is 3.91. The number of anilines is 2. The highest BCUT2D eigenvalue weighted by Gasteiger charge is 2.06. The first-order chi connectivity index (χ1) is 9.65. The monoisotopic (exact) mass is 308 g/mol. The summed E-state index contributed by atoms with van der Waals surface area (Å²) in [6.45, 7) is 0. The van der Waals surface area contributed by atoms with E-state index < -0.39 is 0 Å². The van der Waals surface area contributed by atoms with Gasteiger partial charge >= 0.3 is 0 Å². The number of carbonyl (C=O) groups excluding carboxylic acids is 2. The van der Waals surface area contributed by atoms with Crippen LogP contribution in [0.3, 0.4) is 0 Å². The second-order valence-corrected chi connectivity index (χ2v) is 4.73. The Bertz CT molecular complexity index is 602. The van der Waals surface area contributed by atoms with E-state index in [-0.39, 0.29) is 0 Å². The smallest absolute Gasteiger partial charge is 0.211 e. The number of hydrogen-bond acceptors (Lipinski definition) is 2. The fourth-order valence-corrected chi connectivity index (χ4v) is 2.22. The van der Waals surface area contributed by atoms with Crippen LogP contribution in [0.1, 0.15) is 0 Å². The molecule has 0 atom stereocenters. The van der Waals surface area contributed by atoms with E-state index in [1.165, 1.54) is 0 Å².